The molecule has 4 nitrogen and oxygen atoms in total. The minimum absolute atomic E-state index is 0.575. The molecule has 2 aromatic heterocycles. The van der Waals surface area contributed by atoms with Gasteiger partial charge in [-0.15, -0.1) is 11.3 Å². The van der Waals surface area contributed by atoms with Crippen LogP contribution in [0.4, 0.5) is 0 Å². The highest BCUT2D eigenvalue weighted by molar-refractivity contribution is 7.15. The number of aromatic nitrogens is 2. The highest BCUT2D eigenvalue weighted by atomic mass is 32.1. The number of imidazole rings is 1. The van der Waals surface area contributed by atoms with E-state index in [4.69, 9.17) is 0 Å². The van der Waals surface area contributed by atoms with Crippen molar-refractivity contribution in [1.82, 2.24) is 14.3 Å². The SMILES string of the molecule is CCN1CCCC(O)(Cc2cn3ccsc3n2)CC1. The van der Waals surface area contributed by atoms with Crippen molar-refractivity contribution in [2.24, 2.45) is 0 Å². The van der Waals surface area contributed by atoms with E-state index in [0.29, 0.717) is 6.42 Å². The third kappa shape index (κ3) is 2.83. The van der Waals surface area contributed by atoms with Crippen LogP contribution in [-0.4, -0.2) is 44.6 Å². The summed E-state index contributed by atoms with van der Waals surface area (Å²) in [5.74, 6) is 0. The molecule has 1 unspecified atom stereocenters. The average molecular weight is 279 g/mol. The molecule has 0 spiro atoms. The largest absolute Gasteiger partial charge is 0.389 e. The normalized spacial score (nSPS) is 25.8. The predicted octanol–water partition coefficient (Wildman–Crippen LogP) is 2.18. The van der Waals surface area contributed by atoms with E-state index in [2.05, 4.69) is 16.8 Å². The van der Waals surface area contributed by atoms with Gasteiger partial charge in [0.1, 0.15) is 0 Å². The molecule has 5 heteroatoms. The Morgan fingerprint density at radius 3 is 3.11 bits per heavy atom. The molecule has 0 aromatic carbocycles. The number of aliphatic hydroxyl groups is 1. The van der Waals surface area contributed by atoms with Crippen LogP contribution in [-0.2, 0) is 6.42 Å². The van der Waals surface area contributed by atoms with Crippen molar-refractivity contribution in [3.63, 3.8) is 0 Å². The molecular weight excluding hydrogens is 258 g/mol. The molecule has 1 N–H and O–H groups in total. The highest BCUT2D eigenvalue weighted by Gasteiger charge is 2.30. The smallest absolute Gasteiger partial charge is 0.193 e. The first-order valence-corrected chi connectivity index (χ1v) is 7.92. The summed E-state index contributed by atoms with van der Waals surface area (Å²) < 4.78 is 2.04. The van der Waals surface area contributed by atoms with Gasteiger partial charge in [-0.25, -0.2) is 4.98 Å². The average Bonchev–Trinajstić information content (AvgIpc) is 2.88. The van der Waals surface area contributed by atoms with E-state index in [1.807, 2.05) is 22.2 Å². The summed E-state index contributed by atoms with van der Waals surface area (Å²) in [5.41, 5.74) is 0.438. The fourth-order valence-corrected chi connectivity index (χ4v) is 3.65. The van der Waals surface area contributed by atoms with Crippen LogP contribution in [0.15, 0.2) is 17.8 Å². The fraction of sp³-hybridized carbons (Fsp3) is 0.643. The number of nitrogens with zero attached hydrogens (tertiary/aromatic N) is 3. The van der Waals surface area contributed by atoms with Gasteiger partial charge in [-0.2, -0.15) is 0 Å². The first-order valence-electron chi connectivity index (χ1n) is 7.04. The zero-order chi connectivity index (χ0) is 13.3. The van der Waals surface area contributed by atoms with Gasteiger partial charge in [-0.3, -0.25) is 4.40 Å². The molecule has 0 saturated carbocycles. The topological polar surface area (TPSA) is 40.8 Å². The Balaban J connectivity index is 1.72. The summed E-state index contributed by atoms with van der Waals surface area (Å²) in [5, 5.41) is 12.8. The zero-order valence-corrected chi connectivity index (χ0v) is 12.2. The van der Waals surface area contributed by atoms with E-state index in [9.17, 15) is 5.11 Å². The van der Waals surface area contributed by atoms with Gasteiger partial charge in [-0.1, -0.05) is 6.92 Å². The minimum Gasteiger partial charge on any atom is -0.389 e. The molecule has 0 radical (unpaired) electrons. The van der Waals surface area contributed by atoms with E-state index in [0.717, 1.165) is 49.6 Å². The molecule has 1 fully saturated rings. The van der Waals surface area contributed by atoms with Crippen LogP contribution in [0.3, 0.4) is 0 Å². The van der Waals surface area contributed by atoms with Crippen LogP contribution >= 0.6 is 11.3 Å². The Labute approximate surface area is 117 Å². The van der Waals surface area contributed by atoms with Crippen LogP contribution in [0.25, 0.3) is 4.96 Å². The summed E-state index contributed by atoms with van der Waals surface area (Å²) in [6.45, 7) is 5.37. The summed E-state index contributed by atoms with van der Waals surface area (Å²) in [7, 11) is 0. The Morgan fingerprint density at radius 2 is 2.32 bits per heavy atom. The second-order valence-corrected chi connectivity index (χ2v) is 6.39. The molecule has 1 aliphatic heterocycles. The Hall–Kier alpha value is -0.910. The van der Waals surface area contributed by atoms with Crippen LogP contribution in [0, 0.1) is 0 Å². The molecule has 104 valence electrons. The summed E-state index contributed by atoms with van der Waals surface area (Å²) in [6, 6.07) is 0. The lowest BCUT2D eigenvalue weighted by Crippen LogP contribution is -2.33. The molecule has 2 aromatic rings. The van der Waals surface area contributed by atoms with Gasteiger partial charge in [-0.05, 0) is 32.4 Å². The van der Waals surface area contributed by atoms with Crippen molar-refractivity contribution in [3.8, 4) is 0 Å². The lowest BCUT2D eigenvalue weighted by molar-refractivity contribution is 0.0250. The molecule has 0 amide bonds. The van der Waals surface area contributed by atoms with Gasteiger partial charge >= 0.3 is 0 Å². The number of hydrogen-bond donors (Lipinski definition) is 1. The van der Waals surface area contributed by atoms with E-state index in [-0.39, 0.29) is 0 Å². The maximum Gasteiger partial charge on any atom is 0.193 e. The van der Waals surface area contributed by atoms with Crippen molar-refractivity contribution >= 4 is 16.3 Å². The molecule has 3 rings (SSSR count). The maximum atomic E-state index is 10.8. The molecule has 1 atom stereocenters. The van der Waals surface area contributed by atoms with E-state index in [1.54, 1.807) is 11.3 Å². The third-order valence-electron chi connectivity index (χ3n) is 4.11. The number of thiazole rings is 1. The lowest BCUT2D eigenvalue weighted by Gasteiger charge is -2.26. The maximum absolute atomic E-state index is 10.8. The summed E-state index contributed by atoms with van der Waals surface area (Å²) >= 11 is 1.64. The monoisotopic (exact) mass is 279 g/mol. The summed E-state index contributed by atoms with van der Waals surface area (Å²) in [4.78, 5) is 8.03. The third-order valence-corrected chi connectivity index (χ3v) is 4.88. The van der Waals surface area contributed by atoms with Crippen molar-refractivity contribution in [2.45, 2.75) is 38.2 Å². The fourth-order valence-electron chi connectivity index (χ4n) is 2.93. The van der Waals surface area contributed by atoms with Gasteiger partial charge in [0.2, 0.25) is 0 Å². The Bertz CT molecular complexity index is 521. The second-order valence-electron chi connectivity index (χ2n) is 5.51. The molecule has 1 saturated heterocycles. The number of rotatable bonds is 3. The van der Waals surface area contributed by atoms with Crippen LogP contribution in [0.2, 0.25) is 0 Å². The Kier molecular flexibility index (Phi) is 3.60. The van der Waals surface area contributed by atoms with E-state index in [1.165, 1.54) is 0 Å². The van der Waals surface area contributed by atoms with Gasteiger partial charge in [0.05, 0.1) is 11.3 Å². The molecular formula is C14H21N3OS. The highest BCUT2D eigenvalue weighted by Crippen LogP contribution is 2.26. The minimum atomic E-state index is -0.575. The number of likely N-dealkylation sites (tertiary alicyclic amines) is 1. The van der Waals surface area contributed by atoms with Crippen molar-refractivity contribution in [3.05, 3.63) is 23.5 Å². The van der Waals surface area contributed by atoms with Gasteiger partial charge in [0, 0.05) is 30.7 Å². The molecule has 1 aliphatic rings. The quantitative estimate of drug-likeness (QED) is 0.936. The van der Waals surface area contributed by atoms with Crippen LogP contribution in [0.5, 0.6) is 0 Å². The first-order chi connectivity index (χ1) is 9.18. The number of hydrogen-bond acceptors (Lipinski definition) is 4. The van der Waals surface area contributed by atoms with E-state index >= 15 is 0 Å². The Morgan fingerprint density at radius 1 is 1.42 bits per heavy atom. The van der Waals surface area contributed by atoms with Crippen molar-refractivity contribution < 1.29 is 5.11 Å². The van der Waals surface area contributed by atoms with Gasteiger partial charge in [0.15, 0.2) is 4.96 Å². The lowest BCUT2D eigenvalue weighted by atomic mass is 9.90. The predicted molar refractivity (Wildman–Crippen MR) is 77.7 cm³/mol. The zero-order valence-electron chi connectivity index (χ0n) is 11.4. The first kappa shape index (κ1) is 13.1. The molecule has 0 bridgehead atoms. The standard InChI is InChI=1S/C14H21N3OS/c1-2-16-6-3-4-14(18,5-7-16)10-12-11-17-8-9-19-13(17)15-12/h8-9,11,18H,2-7,10H2,1H3. The molecule has 0 aliphatic carbocycles. The van der Waals surface area contributed by atoms with Crippen LogP contribution < -0.4 is 0 Å². The number of fused-ring (bicyclic) bond motifs is 1. The second kappa shape index (κ2) is 5.23. The van der Waals surface area contributed by atoms with Crippen molar-refractivity contribution in [2.75, 3.05) is 19.6 Å². The van der Waals surface area contributed by atoms with Gasteiger partial charge < -0.3 is 10.0 Å². The van der Waals surface area contributed by atoms with Gasteiger partial charge in [0.25, 0.3) is 0 Å². The molecule has 3 heterocycles. The van der Waals surface area contributed by atoms with E-state index < -0.39 is 5.60 Å². The van der Waals surface area contributed by atoms with Crippen molar-refractivity contribution in [1.29, 1.82) is 0 Å². The summed E-state index contributed by atoms with van der Waals surface area (Å²) in [6.07, 6.45) is 7.56. The molecule has 19 heavy (non-hydrogen) atoms. The van der Waals surface area contributed by atoms with Crippen LogP contribution in [0.1, 0.15) is 31.9 Å².